The topological polar surface area (TPSA) is 63.8 Å². The fraction of sp³-hybridized carbons (Fsp3) is 0. The molecule has 0 atom stereocenters. The van der Waals surface area contributed by atoms with Crippen molar-refractivity contribution in [3.63, 3.8) is 0 Å². The first-order valence-corrected chi connectivity index (χ1v) is 6.80. The van der Waals surface area contributed by atoms with E-state index in [-0.39, 0.29) is 5.82 Å². The summed E-state index contributed by atoms with van der Waals surface area (Å²) in [4.78, 5) is 7.91. The van der Waals surface area contributed by atoms with Gasteiger partial charge in [0.1, 0.15) is 17.2 Å². The first kappa shape index (κ1) is 13.4. The Kier molecular flexibility index (Phi) is 3.71. The zero-order chi connectivity index (χ0) is 14.7. The lowest BCUT2D eigenvalue weighted by Gasteiger charge is -2.09. The lowest BCUT2D eigenvalue weighted by molar-refractivity contribution is 1.18. The highest BCUT2D eigenvalue weighted by Crippen LogP contribution is 2.27. The van der Waals surface area contributed by atoms with Gasteiger partial charge in [-0.1, -0.05) is 54.1 Å². The Morgan fingerprint density at radius 3 is 2.24 bits per heavy atom. The molecule has 1 heterocycles. The largest absolute Gasteiger partial charge is 0.382 e. The molecule has 3 rings (SSSR count). The van der Waals surface area contributed by atoms with Crippen molar-refractivity contribution < 1.29 is 0 Å². The second kappa shape index (κ2) is 5.81. The van der Waals surface area contributed by atoms with Crippen LogP contribution in [-0.2, 0) is 0 Å². The third kappa shape index (κ3) is 2.95. The lowest BCUT2D eigenvalue weighted by Crippen LogP contribution is -1.99. The third-order valence-electron chi connectivity index (χ3n) is 3.07. The van der Waals surface area contributed by atoms with Gasteiger partial charge in [-0.2, -0.15) is 0 Å². The van der Waals surface area contributed by atoms with Crippen molar-refractivity contribution >= 4 is 28.9 Å². The van der Waals surface area contributed by atoms with Crippen molar-refractivity contribution in [1.29, 1.82) is 0 Å². The molecule has 5 heteroatoms. The van der Waals surface area contributed by atoms with Crippen molar-refractivity contribution in [2.24, 2.45) is 0 Å². The maximum Gasteiger partial charge on any atom is 0.154 e. The number of hydrogen-bond donors (Lipinski definition) is 2. The van der Waals surface area contributed by atoms with Gasteiger partial charge in [0.15, 0.2) is 5.82 Å². The zero-order valence-corrected chi connectivity index (χ0v) is 11.9. The van der Waals surface area contributed by atoms with E-state index in [2.05, 4.69) is 27.4 Å². The van der Waals surface area contributed by atoms with Gasteiger partial charge >= 0.3 is 0 Å². The first-order valence-electron chi connectivity index (χ1n) is 6.42. The fourth-order valence-corrected chi connectivity index (χ4v) is 2.13. The van der Waals surface area contributed by atoms with Crippen LogP contribution >= 0.6 is 11.6 Å². The molecule has 0 radical (unpaired) electrons. The smallest absolute Gasteiger partial charge is 0.154 e. The summed E-state index contributed by atoms with van der Waals surface area (Å²) >= 11 is 6.06. The van der Waals surface area contributed by atoms with Gasteiger partial charge in [-0.25, -0.2) is 9.97 Å². The van der Waals surface area contributed by atoms with Crippen LogP contribution < -0.4 is 11.1 Å². The number of nitrogens with zero attached hydrogens (tertiary/aromatic N) is 2. The summed E-state index contributed by atoms with van der Waals surface area (Å²) in [6.45, 7) is 0. The Bertz CT molecular complexity index is 742. The van der Waals surface area contributed by atoms with E-state index in [1.807, 2.05) is 42.5 Å². The molecule has 3 N–H and O–H groups in total. The minimum absolute atomic E-state index is 0.259. The molecule has 0 aliphatic heterocycles. The number of benzene rings is 2. The summed E-state index contributed by atoms with van der Waals surface area (Å²) in [5.74, 6) is 0.756. The minimum Gasteiger partial charge on any atom is -0.382 e. The molecule has 0 bridgehead atoms. The highest BCUT2D eigenvalue weighted by Gasteiger charge is 2.06. The Balaban J connectivity index is 1.83. The Labute approximate surface area is 127 Å². The van der Waals surface area contributed by atoms with Crippen LogP contribution in [0.15, 0.2) is 60.9 Å². The van der Waals surface area contributed by atoms with E-state index >= 15 is 0 Å². The Morgan fingerprint density at radius 2 is 1.52 bits per heavy atom. The molecule has 0 aliphatic rings. The molecule has 2 aromatic carbocycles. The molecule has 104 valence electrons. The van der Waals surface area contributed by atoms with Gasteiger partial charge in [-0.05, 0) is 23.3 Å². The van der Waals surface area contributed by atoms with Gasteiger partial charge in [-0.15, -0.1) is 0 Å². The predicted octanol–water partition coefficient (Wildman–Crippen LogP) is 4.12. The van der Waals surface area contributed by atoms with Crippen molar-refractivity contribution in [3.8, 4) is 11.1 Å². The maximum atomic E-state index is 6.06. The molecule has 1 aromatic heterocycles. The highest BCUT2D eigenvalue weighted by atomic mass is 35.5. The van der Waals surface area contributed by atoms with Crippen LogP contribution in [0.3, 0.4) is 0 Å². The number of anilines is 3. The molecule has 0 amide bonds. The van der Waals surface area contributed by atoms with Crippen LogP contribution in [0, 0.1) is 0 Å². The standard InChI is InChI=1S/C16H13ClN4/c17-14-15(18)19-10-20-16(14)21-13-8-6-12(7-9-13)11-4-2-1-3-5-11/h1-10H,(H3,18,19,20,21). The van der Waals surface area contributed by atoms with Gasteiger partial charge < -0.3 is 11.1 Å². The summed E-state index contributed by atoms with van der Waals surface area (Å²) in [6.07, 6.45) is 1.38. The summed E-state index contributed by atoms with van der Waals surface area (Å²) in [5, 5.41) is 3.45. The fourth-order valence-electron chi connectivity index (χ4n) is 1.98. The molecule has 4 nitrogen and oxygen atoms in total. The molecule has 0 aliphatic carbocycles. The van der Waals surface area contributed by atoms with Crippen molar-refractivity contribution in [1.82, 2.24) is 9.97 Å². The van der Waals surface area contributed by atoms with E-state index in [1.165, 1.54) is 11.9 Å². The summed E-state index contributed by atoms with van der Waals surface area (Å²) in [5.41, 5.74) is 8.86. The monoisotopic (exact) mass is 296 g/mol. The summed E-state index contributed by atoms with van der Waals surface area (Å²) in [7, 11) is 0. The minimum atomic E-state index is 0.259. The SMILES string of the molecule is Nc1ncnc(Nc2ccc(-c3ccccc3)cc2)c1Cl. The van der Waals surface area contributed by atoms with Crippen LogP contribution in [0.4, 0.5) is 17.3 Å². The van der Waals surface area contributed by atoms with Crippen molar-refractivity contribution in [3.05, 3.63) is 65.9 Å². The van der Waals surface area contributed by atoms with E-state index in [0.29, 0.717) is 10.8 Å². The number of nitrogens with one attached hydrogen (secondary N) is 1. The van der Waals surface area contributed by atoms with E-state index in [4.69, 9.17) is 17.3 Å². The highest BCUT2D eigenvalue weighted by molar-refractivity contribution is 6.35. The normalized spacial score (nSPS) is 10.3. The van der Waals surface area contributed by atoms with Gasteiger partial charge in [-0.3, -0.25) is 0 Å². The van der Waals surface area contributed by atoms with E-state index in [0.717, 1.165) is 11.3 Å². The quantitative estimate of drug-likeness (QED) is 0.763. The molecule has 0 spiro atoms. The van der Waals surface area contributed by atoms with E-state index in [9.17, 15) is 0 Å². The van der Waals surface area contributed by atoms with Crippen molar-refractivity contribution in [2.45, 2.75) is 0 Å². The molecule has 0 fully saturated rings. The molecule has 21 heavy (non-hydrogen) atoms. The number of hydrogen-bond acceptors (Lipinski definition) is 4. The molecular formula is C16H13ClN4. The zero-order valence-electron chi connectivity index (χ0n) is 11.1. The lowest BCUT2D eigenvalue weighted by atomic mass is 10.1. The van der Waals surface area contributed by atoms with Crippen molar-refractivity contribution in [2.75, 3.05) is 11.1 Å². The average molecular weight is 297 g/mol. The molecule has 0 saturated heterocycles. The summed E-state index contributed by atoms with van der Waals surface area (Å²) < 4.78 is 0. The van der Waals surface area contributed by atoms with Crippen LogP contribution in [0.2, 0.25) is 5.02 Å². The number of nitrogen functional groups attached to an aromatic ring is 1. The maximum absolute atomic E-state index is 6.06. The van der Waals surface area contributed by atoms with Gasteiger partial charge in [0.05, 0.1) is 0 Å². The van der Waals surface area contributed by atoms with Crippen LogP contribution in [-0.4, -0.2) is 9.97 Å². The second-order valence-electron chi connectivity index (χ2n) is 4.49. The molecule has 0 unspecified atom stereocenters. The second-order valence-corrected chi connectivity index (χ2v) is 4.87. The summed E-state index contributed by atoms with van der Waals surface area (Å²) in [6, 6.07) is 18.2. The van der Waals surface area contributed by atoms with Crippen LogP contribution in [0.5, 0.6) is 0 Å². The van der Waals surface area contributed by atoms with E-state index < -0.39 is 0 Å². The number of halogens is 1. The van der Waals surface area contributed by atoms with Crippen LogP contribution in [0.1, 0.15) is 0 Å². The number of nitrogens with two attached hydrogens (primary N) is 1. The Morgan fingerprint density at radius 1 is 0.857 bits per heavy atom. The van der Waals surface area contributed by atoms with Gasteiger partial charge in [0, 0.05) is 5.69 Å². The van der Waals surface area contributed by atoms with E-state index in [1.54, 1.807) is 0 Å². The average Bonchev–Trinajstić information content (AvgIpc) is 2.53. The molecule has 3 aromatic rings. The Hall–Kier alpha value is -2.59. The van der Waals surface area contributed by atoms with Crippen LogP contribution in [0.25, 0.3) is 11.1 Å². The number of rotatable bonds is 3. The first-order chi connectivity index (χ1) is 10.2. The molecular weight excluding hydrogens is 284 g/mol. The molecule has 0 saturated carbocycles. The predicted molar refractivity (Wildman–Crippen MR) is 86.6 cm³/mol. The number of aromatic nitrogens is 2. The van der Waals surface area contributed by atoms with Gasteiger partial charge in [0.2, 0.25) is 0 Å². The van der Waals surface area contributed by atoms with Gasteiger partial charge in [0.25, 0.3) is 0 Å². The third-order valence-corrected chi connectivity index (χ3v) is 3.44.